The number of amides is 2. The first-order chi connectivity index (χ1) is 21.3. The topological polar surface area (TPSA) is 103 Å². The molecule has 2 aromatic carbocycles. The zero-order valence-electron chi connectivity index (χ0n) is 27.3. The number of aromatic nitrogens is 2. The second-order valence-corrected chi connectivity index (χ2v) is 13.5. The van der Waals surface area contributed by atoms with E-state index in [9.17, 15) is 14.4 Å². The monoisotopic (exact) mass is 616 g/mol. The van der Waals surface area contributed by atoms with Crippen LogP contribution in [0.4, 0.5) is 9.59 Å². The SMILES string of the molecule is CCOC(=O)c1cn(C)nc1CN(C(=O)OCC1c2ccccc2-c2ccccc21)C1CCN(C(=O)OC(C)(C)C)CC1(C)C. The molecule has 10 nitrogen and oxygen atoms in total. The number of ether oxygens (including phenoxy) is 3. The Morgan fingerprint density at radius 2 is 1.62 bits per heavy atom. The first kappa shape index (κ1) is 32.1. The van der Waals surface area contributed by atoms with Crippen molar-refractivity contribution >= 4 is 18.2 Å². The molecule has 1 aromatic heterocycles. The van der Waals surface area contributed by atoms with E-state index in [-0.39, 0.29) is 37.8 Å². The lowest BCUT2D eigenvalue weighted by molar-refractivity contribution is -0.0220. The third-order valence-corrected chi connectivity index (χ3v) is 8.49. The second kappa shape index (κ2) is 12.6. The van der Waals surface area contributed by atoms with Gasteiger partial charge in [-0.3, -0.25) is 9.58 Å². The van der Waals surface area contributed by atoms with E-state index in [2.05, 4.69) is 29.4 Å². The van der Waals surface area contributed by atoms with Gasteiger partial charge >= 0.3 is 18.2 Å². The predicted octanol–water partition coefficient (Wildman–Crippen LogP) is 6.38. The average Bonchev–Trinajstić information content (AvgIpc) is 3.50. The predicted molar refractivity (Wildman–Crippen MR) is 170 cm³/mol. The normalized spacial score (nSPS) is 17.3. The van der Waals surface area contributed by atoms with Crippen molar-refractivity contribution in [1.82, 2.24) is 19.6 Å². The fraction of sp³-hybridized carbons (Fsp3) is 0.486. The molecular weight excluding hydrogens is 572 g/mol. The van der Waals surface area contributed by atoms with Crippen molar-refractivity contribution in [2.24, 2.45) is 12.5 Å². The Morgan fingerprint density at radius 1 is 1.00 bits per heavy atom. The number of likely N-dealkylation sites (tertiary alicyclic amines) is 1. The largest absolute Gasteiger partial charge is 0.462 e. The highest BCUT2D eigenvalue weighted by atomic mass is 16.6. The Hall–Kier alpha value is -4.34. The molecule has 240 valence electrons. The Labute approximate surface area is 265 Å². The minimum absolute atomic E-state index is 0.0478. The van der Waals surface area contributed by atoms with E-state index in [1.807, 2.05) is 58.9 Å². The van der Waals surface area contributed by atoms with Gasteiger partial charge in [-0.1, -0.05) is 62.4 Å². The van der Waals surface area contributed by atoms with Crippen LogP contribution in [0.2, 0.25) is 0 Å². The minimum atomic E-state index is -0.617. The van der Waals surface area contributed by atoms with Crippen molar-refractivity contribution in [3.05, 3.63) is 77.1 Å². The number of carbonyl (C=O) groups is 3. The summed E-state index contributed by atoms with van der Waals surface area (Å²) < 4.78 is 18.6. The number of carbonyl (C=O) groups excluding carboxylic acids is 3. The van der Waals surface area contributed by atoms with Crippen LogP contribution in [-0.4, -0.2) is 75.7 Å². The van der Waals surface area contributed by atoms with Gasteiger partial charge < -0.3 is 19.1 Å². The summed E-state index contributed by atoms with van der Waals surface area (Å²) in [7, 11) is 1.73. The van der Waals surface area contributed by atoms with E-state index in [1.54, 1.807) is 34.6 Å². The highest BCUT2D eigenvalue weighted by Crippen LogP contribution is 2.45. The molecule has 0 bridgehead atoms. The molecule has 3 aromatic rings. The lowest BCUT2D eigenvalue weighted by Gasteiger charge is -2.48. The van der Waals surface area contributed by atoms with Gasteiger partial charge in [0.25, 0.3) is 0 Å². The van der Waals surface area contributed by atoms with E-state index in [0.29, 0.717) is 30.8 Å². The molecule has 0 spiro atoms. The van der Waals surface area contributed by atoms with Crippen molar-refractivity contribution in [2.45, 2.75) is 72.1 Å². The highest BCUT2D eigenvalue weighted by Gasteiger charge is 2.44. The van der Waals surface area contributed by atoms with Gasteiger partial charge in [0.1, 0.15) is 17.8 Å². The highest BCUT2D eigenvalue weighted by molar-refractivity contribution is 5.90. The lowest BCUT2D eigenvalue weighted by Crippen LogP contribution is -2.58. The number of hydrogen-bond acceptors (Lipinski definition) is 7. The summed E-state index contributed by atoms with van der Waals surface area (Å²) in [5.41, 5.74) is 4.13. The fourth-order valence-corrected chi connectivity index (χ4v) is 6.58. The maximum absolute atomic E-state index is 14.2. The van der Waals surface area contributed by atoms with Gasteiger partial charge in [-0.15, -0.1) is 0 Å². The molecule has 2 aliphatic rings. The van der Waals surface area contributed by atoms with Crippen LogP contribution in [0.3, 0.4) is 0 Å². The summed E-state index contributed by atoms with van der Waals surface area (Å²) in [4.78, 5) is 43.4. The molecule has 1 unspecified atom stereocenters. The summed E-state index contributed by atoms with van der Waals surface area (Å²) in [6.45, 7) is 12.6. The van der Waals surface area contributed by atoms with Crippen molar-refractivity contribution in [3.8, 4) is 11.1 Å². The van der Waals surface area contributed by atoms with Crippen LogP contribution in [0.5, 0.6) is 0 Å². The molecule has 1 fully saturated rings. The number of aryl methyl sites for hydroxylation is 1. The third-order valence-electron chi connectivity index (χ3n) is 8.49. The zero-order chi connectivity index (χ0) is 32.5. The molecule has 0 N–H and O–H groups in total. The smallest absolute Gasteiger partial charge is 0.410 e. The molecule has 1 saturated heterocycles. The molecule has 1 atom stereocenters. The minimum Gasteiger partial charge on any atom is -0.462 e. The molecule has 2 heterocycles. The van der Waals surface area contributed by atoms with Gasteiger partial charge in [0.05, 0.1) is 18.8 Å². The maximum Gasteiger partial charge on any atom is 0.410 e. The maximum atomic E-state index is 14.2. The van der Waals surface area contributed by atoms with E-state index in [1.165, 1.54) is 0 Å². The Balaban J connectivity index is 1.42. The van der Waals surface area contributed by atoms with E-state index in [4.69, 9.17) is 14.2 Å². The molecule has 1 aliphatic heterocycles. The third kappa shape index (κ3) is 6.84. The molecule has 5 rings (SSSR count). The van der Waals surface area contributed by atoms with E-state index in [0.717, 1.165) is 22.3 Å². The number of piperidine rings is 1. The Morgan fingerprint density at radius 3 is 2.20 bits per heavy atom. The lowest BCUT2D eigenvalue weighted by atomic mass is 9.78. The summed E-state index contributed by atoms with van der Waals surface area (Å²) in [5, 5.41) is 4.54. The van der Waals surface area contributed by atoms with Crippen LogP contribution in [0.1, 0.15) is 81.1 Å². The quantitative estimate of drug-likeness (QED) is 0.224. The van der Waals surface area contributed by atoms with Gasteiger partial charge in [0, 0.05) is 43.7 Å². The summed E-state index contributed by atoms with van der Waals surface area (Å²) in [6.07, 6.45) is 1.23. The molecule has 10 heteroatoms. The van der Waals surface area contributed by atoms with Crippen molar-refractivity contribution in [1.29, 1.82) is 0 Å². The number of esters is 1. The van der Waals surface area contributed by atoms with Gasteiger partial charge in [0.2, 0.25) is 0 Å². The van der Waals surface area contributed by atoms with E-state index >= 15 is 0 Å². The van der Waals surface area contributed by atoms with Crippen molar-refractivity contribution in [2.75, 3.05) is 26.3 Å². The van der Waals surface area contributed by atoms with E-state index < -0.39 is 23.1 Å². The van der Waals surface area contributed by atoms with Crippen LogP contribution in [-0.2, 0) is 27.8 Å². The molecule has 45 heavy (non-hydrogen) atoms. The molecular formula is C35H44N4O6. The molecule has 0 saturated carbocycles. The number of rotatable bonds is 7. The fourth-order valence-electron chi connectivity index (χ4n) is 6.58. The van der Waals surface area contributed by atoms with Gasteiger partial charge in [-0.25, -0.2) is 14.4 Å². The molecule has 2 amide bonds. The Kier molecular flexibility index (Phi) is 8.96. The first-order valence-electron chi connectivity index (χ1n) is 15.6. The van der Waals surface area contributed by atoms with Crippen LogP contribution in [0, 0.1) is 5.41 Å². The van der Waals surface area contributed by atoms with Crippen LogP contribution >= 0.6 is 0 Å². The Bertz CT molecular complexity index is 1530. The average molecular weight is 617 g/mol. The molecule has 1 aliphatic carbocycles. The first-order valence-corrected chi connectivity index (χ1v) is 15.6. The van der Waals surface area contributed by atoms with Gasteiger partial charge in [-0.2, -0.15) is 5.10 Å². The number of hydrogen-bond donors (Lipinski definition) is 0. The van der Waals surface area contributed by atoms with Crippen molar-refractivity contribution in [3.63, 3.8) is 0 Å². The zero-order valence-corrected chi connectivity index (χ0v) is 27.3. The summed E-state index contributed by atoms with van der Waals surface area (Å²) in [5.74, 6) is -0.595. The number of fused-ring (bicyclic) bond motifs is 3. The van der Waals surface area contributed by atoms with Crippen LogP contribution < -0.4 is 0 Å². The molecule has 0 radical (unpaired) electrons. The summed E-state index contributed by atoms with van der Waals surface area (Å²) in [6, 6.07) is 16.1. The van der Waals surface area contributed by atoms with Gasteiger partial charge in [0.15, 0.2) is 0 Å². The van der Waals surface area contributed by atoms with Gasteiger partial charge in [-0.05, 0) is 56.4 Å². The van der Waals surface area contributed by atoms with Crippen LogP contribution in [0.25, 0.3) is 11.1 Å². The number of benzene rings is 2. The standard InChI is InChI=1S/C35H44N4O6/c1-8-43-31(40)27-19-37(7)36-29(27)20-39(30-17-18-38(22-35(30,5)6)32(41)45-34(2,3)4)33(42)44-21-28-25-15-11-9-13-23(25)24-14-10-12-16-26(24)28/h9-16,19,28,30H,8,17-18,20-22H2,1-7H3. The summed E-state index contributed by atoms with van der Waals surface area (Å²) >= 11 is 0. The number of nitrogens with zero attached hydrogens (tertiary/aromatic N) is 4. The van der Waals surface area contributed by atoms with Crippen LogP contribution in [0.15, 0.2) is 54.7 Å². The second-order valence-electron chi connectivity index (χ2n) is 13.5. The van der Waals surface area contributed by atoms with Crippen molar-refractivity contribution < 1.29 is 28.6 Å².